The largest absolute Gasteiger partial charge is 0.467 e. The average Bonchev–Trinajstić information content (AvgIpc) is 3.56. The molecule has 4 aromatic rings. The number of hydrogen-bond donors (Lipinski definition) is 2. The summed E-state index contributed by atoms with van der Waals surface area (Å²) >= 11 is 6.13. The second-order valence-corrected chi connectivity index (χ2v) is 9.30. The van der Waals surface area contributed by atoms with Gasteiger partial charge in [-0.15, -0.1) is 0 Å². The summed E-state index contributed by atoms with van der Waals surface area (Å²) in [6, 6.07) is 21.5. The molecule has 198 valence electrons. The minimum atomic E-state index is -1.04. The number of amides is 3. The Labute approximate surface area is 228 Å². The van der Waals surface area contributed by atoms with Crippen LogP contribution in [0.3, 0.4) is 0 Å². The van der Waals surface area contributed by atoms with Crippen molar-refractivity contribution in [2.75, 3.05) is 5.32 Å². The maximum absolute atomic E-state index is 14.1. The van der Waals surface area contributed by atoms with Gasteiger partial charge < -0.3 is 19.8 Å². The highest BCUT2D eigenvalue weighted by Crippen LogP contribution is 2.35. The molecule has 1 aliphatic rings. The Kier molecular flexibility index (Phi) is 7.60. The van der Waals surface area contributed by atoms with Crippen LogP contribution in [-0.4, -0.2) is 28.8 Å². The number of nitrogens with one attached hydrogen (secondary N) is 2. The van der Waals surface area contributed by atoms with Crippen LogP contribution in [0.2, 0.25) is 5.02 Å². The molecule has 39 heavy (non-hydrogen) atoms. The fourth-order valence-electron chi connectivity index (χ4n) is 4.37. The van der Waals surface area contributed by atoms with E-state index in [2.05, 4.69) is 10.6 Å². The molecule has 1 aliphatic heterocycles. The summed E-state index contributed by atoms with van der Waals surface area (Å²) in [5.41, 5.74) is 1.43. The van der Waals surface area contributed by atoms with Gasteiger partial charge in [-0.2, -0.15) is 0 Å². The number of cyclic esters (lactones) is 1. The third-order valence-corrected chi connectivity index (χ3v) is 6.44. The maximum atomic E-state index is 14.1. The molecule has 0 radical (unpaired) electrons. The molecular weight excluding hydrogens is 525 g/mol. The van der Waals surface area contributed by atoms with E-state index in [1.165, 1.54) is 29.4 Å². The van der Waals surface area contributed by atoms with Gasteiger partial charge in [0.05, 0.1) is 24.9 Å². The van der Waals surface area contributed by atoms with Crippen molar-refractivity contribution in [2.24, 2.45) is 0 Å². The first-order valence-corrected chi connectivity index (χ1v) is 12.4. The van der Waals surface area contributed by atoms with Crippen molar-refractivity contribution in [2.45, 2.75) is 25.2 Å². The van der Waals surface area contributed by atoms with E-state index in [0.29, 0.717) is 22.0 Å². The van der Waals surface area contributed by atoms with Crippen molar-refractivity contribution >= 4 is 35.2 Å². The van der Waals surface area contributed by atoms with Crippen LogP contribution >= 0.6 is 11.6 Å². The third-order valence-electron chi connectivity index (χ3n) is 6.20. The Balaban J connectivity index is 1.41. The number of nitrogens with zero attached hydrogens (tertiary/aromatic N) is 1. The second-order valence-electron chi connectivity index (χ2n) is 8.86. The zero-order valence-corrected chi connectivity index (χ0v) is 21.2. The summed E-state index contributed by atoms with van der Waals surface area (Å²) in [5, 5.41) is 5.96. The molecule has 1 aromatic heterocycles. The van der Waals surface area contributed by atoms with Crippen LogP contribution in [0.4, 0.5) is 14.9 Å². The van der Waals surface area contributed by atoms with Crippen molar-refractivity contribution < 1.29 is 27.9 Å². The summed E-state index contributed by atoms with van der Waals surface area (Å²) < 4.78 is 25.1. The highest BCUT2D eigenvalue weighted by Gasteiger charge is 2.47. The Morgan fingerprint density at radius 2 is 1.79 bits per heavy atom. The number of anilines is 1. The SMILES string of the molecule is O=C(Nc1cccc(C2OC(=O)N(Cc3cccc(Cl)c3)C2C(=O)NCc2ccco2)c1)c1ccccc1F. The molecule has 8 nitrogen and oxygen atoms in total. The first kappa shape index (κ1) is 26.0. The van der Waals surface area contributed by atoms with Gasteiger partial charge in [0.1, 0.15) is 11.6 Å². The molecule has 10 heteroatoms. The van der Waals surface area contributed by atoms with Crippen LogP contribution in [0.15, 0.2) is 95.6 Å². The fourth-order valence-corrected chi connectivity index (χ4v) is 4.58. The summed E-state index contributed by atoms with van der Waals surface area (Å²) in [5.74, 6) is -1.20. The highest BCUT2D eigenvalue weighted by atomic mass is 35.5. The molecule has 5 rings (SSSR count). The number of carbonyl (C=O) groups excluding carboxylic acids is 3. The molecule has 2 atom stereocenters. The zero-order chi connectivity index (χ0) is 27.4. The van der Waals surface area contributed by atoms with E-state index >= 15 is 0 Å². The third kappa shape index (κ3) is 5.94. The molecule has 2 heterocycles. The van der Waals surface area contributed by atoms with Gasteiger partial charge in [-0.3, -0.25) is 14.5 Å². The lowest BCUT2D eigenvalue weighted by Crippen LogP contribution is -2.46. The second kappa shape index (κ2) is 11.4. The molecule has 3 amide bonds. The van der Waals surface area contributed by atoms with E-state index in [-0.39, 0.29) is 18.7 Å². The van der Waals surface area contributed by atoms with E-state index in [4.69, 9.17) is 20.8 Å². The quantitative estimate of drug-likeness (QED) is 0.294. The summed E-state index contributed by atoms with van der Waals surface area (Å²) in [6.07, 6.45) is -0.170. The Hall–Kier alpha value is -4.63. The van der Waals surface area contributed by atoms with E-state index in [9.17, 15) is 18.8 Å². The van der Waals surface area contributed by atoms with E-state index in [0.717, 1.165) is 5.56 Å². The first-order chi connectivity index (χ1) is 18.9. The lowest BCUT2D eigenvalue weighted by atomic mass is 10.00. The van der Waals surface area contributed by atoms with Gasteiger partial charge in [0.2, 0.25) is 5.91 Å². The predicted molar refractivity (Wildman–Crippen MR) is 141 cm³/mol. The number of halogens is 2. The van der Waals surface area contributed by atoms with Gasteiger partial charge in [-0.25, -0.2) is 9.18 Å². The topological polar surface area (TPSA) is 101 Å². The number of benzene rings is 3. The maximum Gasteiger partial charge on any atom is 0.411 e. The molecule has 3 aromatic carbocycles. The monoisotopic (exact) mass is 547 g/mol. The van der Waals surface area contributed by atoms with Gasteiger partial charge >= 0.3 is 6.09 Å². The number of ether oxygens (including phenoxy) is 1. The van der Waals surface area contributed by atoms with Crippen molar-refractivity contribution in [3.63, 3.8) is 0 Å². The van der Waals surface area contributed by atoms with Crippen LogP contribution in [0.25, 0.3) is 0 Å². The highest BCUT2D eigenvalue weighted by molar-refractivity contribution is 6.30. The van der Waals surface area contributed by atoms with Crippen LogP contribution < -0.4 is 10.6 Å². The van der Waals surface area contributed by atoms with Crippen LogP contribution in [0.1, 0.15) is 33.3 Å². The fraction of sp³-hybridized carbons (Fsp3) is 0.138. The van der Waals surface area contributed by atoms with Crippen LogP contribution in [0, 0.1) is 5.82 Å². The number of carbonyl (C=O) groups is 3. The van der Waals surface area contributed by atoms with Crippen LogP contribution in [0.5, 0.6) is 0 Å². The number of hydrogen-bond acceptors (Lipinski definition) is 5. The van der Waals surface area contributed by atoms with Gasteiger partial charge in [0, 0.05) is 10.7 Å². The summed E-state index contributed by atoms with van der Waals surface area (Å²) in [4.78, 5) is 40.5. The molecular formula is C29H23ClFN3O5. The summed E-state index contributed by atoms with van der Waals surface area (Å²) in [6.45, 7) is 0.200. The zero-order valence-electron chi connectivity index (χ0n) is 20.5. The summed E-state index contributed by atoms with van der Waals surface area (Å²) in [7, 11) is 0. The van der Waals surface area contributed by atoms with Crippen molar-refractivity contribution in [3.8, 4) is 0 Å². The molecule has 1 fully saturated rings. The molecule has 0 spiro atoms. The Morgan fingerprint density at radius 1 is 0.974 bits per heavy atom. The standard InChI is InChI=1S/C29H23ClFN3O5/c30-20-8-3-6-18(14-20)17-34-25(28(36)32-16-22-10-5-13-38-22)26(39-29(34)37)19-7-4-9-21(15-19)33-27(35)23-11-1-2-12-24(23)31/h1-15,25-26H,16-17H2,(H,32,36)(H,33,35). The van der Waals surface area contributed by atoms with Gasteiger partial charge in [-0.1, -0.05) is 48.0 Å². The minimum absolute atomic E-state index is 0.0818. The normalized spacial score (nSPS) is 16.6. The Morgan fingerprint density at radius 3 is 2.56 bits per heavy atom. The first-order valence-electron chi connectivity index (χ1n) is 12.1. The molecule has 1 saturated heterocycles. The molecule has 0 bridgehead atoms. The Bertz CT molecular complexity index is 1510. The molecule has 0 saturated carbocycles. The molecule has 2 N–H and O–H groups in total. The lowest BCUT2D eigenvalue weighted by Gasteiger charge is -2.24. The average molecular weight is 548 g/mol. The van der Waals surface area contributed by atoms with E-state index in [1.807, 2.05) is 0 Å². The van der Waals surface area contributed by atoms with Crippen molar-refractivity contribution in [1.29, 1.82) is 0 Å². The lowest BCUT2D eigenvalue weighted by molar-refractivity contribution is -0.126. The predicted octanol–water partition coefficient (Wildman–Crippen LogP) is 5.70. The number of furan rings is 1. The van der Waals surface area contributed by atoms with Crippen molar-refractivity contribution in [1.82, 2.24) is 10.2 Å². The molecule has 0 aliphatic carbocycles. The van der Waals surface area contributed by atoms with Crippen LogP contribution in [-0.2, 0) is 22.6 Å². The van der Waals surface area contributed by atoms with Gasteiger partial charge in [-0.05, 0) is 59.7 Å². The minimum Gasteiger partial charge on any atom is -0.467 e. The smallest absolute Gasteiger partial charge is 0.411 e. The van der Waals surface area contributed by atoms with E-state index in [1.54, 1.807) is 66.7 Å². The van der Waals surface area contributed by atoms with Gasteiger partial charge in [0.15, 0.2) is 12.1 Å². The molecule has 2 unspecified atom stereocenters. The van der Waals surface area contributed by atoms with E-state index < -0.39 is 35.9 Å². The van der Waals surface area contributed by atoms with Crippen molar-refractivity contribution in [3.05, 3.63) is 124 Å². The number of rotatable bonds is 8. The van der Waals surface area contributed by atoms with Gasteiger partial charge in [0.25, 0.3) is 5.91 Å².